The van der Waals surface area contributed by atoms with Crippen LogP contribution in [-0.4, -0.2) is 49.8 Å². The van der Waals surface area contributed by atoms with E-state index in [9.17, 15) is 18.0 Å². The molecule has 0 spiro atoms. The maximum absolute atomic E-state index is 12.3. The van der Waals surface area contributed by atoms with Crippen LogP contribution in [0, 0.1) is 5.92 Å². The van der Waals surface area contributed by atoms with E-state index in [-0.39, 0.29) is 36.1 Å². The number of rotatable bonds is 7. The largest absolute Gasteiger partial charge is 0.445 e. The number of hydrogen-bond donors (Lipinski definition) is 2. The summed E-state index contributed by atoms with van der Waals surface area (Å²) in [6.45, 7) is 7.09. The highest BCUT2D eigenvalue weighted by atomic mass is 32.2. The summed E-state index contributed by atoms with van der Waals surface area (Å²) in [5, 5.41) is 5.66. The van der Waals surface area contributed by atoms with E-state index < -0.39 is 27.6 Å². The third-order valence-electron chi connectivity index (χ3n) is 5.13. The summed E-state index contributed by atoms with van der Waals surface area (Å²) in [6, 6.07) is 8.76. The van der Waals surface area contributed by atoms with Gasteiger partial charge in [0.15, 0.2) is 0 Å². The lowest BCUT2D eigenvalue weighted by molar-refractivity contribution is 0.0477. The Morgan fingerprint density at radius 3 is 2.35 bits per heavy atom. The van der Waals surface area contributed by atoms with Crippen LogP contribution in [0.1, 0.15) is 52.5 Å². The second kappa shape index (κ2) is 10.8. The zero-order valence-electron chi connectivity index (χ0n) is 18.7. The number of carbonyl (C=O) groups is 2. The van der Waals surface area contributed by atoms with Gasteiger partial charge in [0.1, 0.15) is 22.0 Å². The van der Waals surface area contributed by atoms with Gasteiger partial charge in [-0.15, -0.1) is 0 Å². The van der Waals surface area contributed by atoms with Crippen molar-refractivity contribution in [1.29, 1.82) is 0 Å². The molecular formula is C22H34N2O6S. The Balaban J connectivity index is 1.97. The van der Waals surface area contributed by atoms with Crippen LogP contribution in [0.2, 0.25) is 0 Å². The zero-order chi connectivity index (χ0) is 23.1. The third-order valence-corrected chi connectivity index (χ3v) is 6.94. The van der Waals surface area contributed by atoms with E-state index >= 15 is 0 Å². The maximum atomic E-state index is 12.3. The number of hydrogen-bond acceptors (Lipinski definition) is 6. The summed E-state index contributed by atoms with van der Waals surface area (Å²) < 4.78 is 35.1. The van der Waals surface area contributed by atoms with Gasteiger partial charge in [0.25, 0.3) is 0 Å². The van der Waals surface area contributed by atoms with E-state index in [0.717, 1.165) is 5.56 Å². The smallest absolute Gasteiger partial charge is 0.407 e. The van der Waals surface area contributed by atoms with Gasteiger partial charge in [0, 0.05) is 17.8 Å². The van der Waals surface area contributed by atoms with Crippen LogP contribution in [0.3, 0.4) is 0 Å². The fraction of sp³-hybridized carbons (Fsp3) is 0.636. The quantitative estimate of drug-likeness (QED) is 0.653. The molecule has 8 nitrogen and oxygen atoms in total. The van der Waals surface area contributed by atoms with Crippen LogP contribution >= 0.6 is 0 Å². The molecule has 0 radical (unpaired) electrons. The number of alkyl carbamates (subject to hydrolysis) is 2. The molecule has 1 aromatic rings. The van der Waals surface area contributed by atoms with Gasteiger partial charge in [0.2, 0.25) is 0 Å². The molecular weight excluding hydrogens is 420 g/mol. The molecule has 174 valence electrons. The lowest BCUT2D eigenvalue weighted by Gasteiger charge is -2.36. The van der Waals surface area contributed by atoms with Crippen LogP contribution < -0.4 is 10.6 Å². The summed E-state index contributed by atoms with van der Waals surface area (Å²) >= 11 is 0. The Bertz CT molecular complexity index is 835. The van der Waals surface area contributed by atoms with Crippen molar-refractivity contribution in [3.05, 3.63) is 35.9 Å². The molecule has 2 rings (SSSR count). The molecule has 3 atom stereocenters. The first-order valence-electron chi connectivity index (χ1n) is 10.6. The molecule has 1 fully saturated rings. The molecule has 2 N–H and O–H groups in total. The first kappa shape index (κ1) is 25.0. The van der Waals surface area contributed by atoms with Crippen LogP contribution in [-0.2, 0) is 25.9 Å². The fourth-order valence-corrected chi connectivity index (χ4v) is 4.86. The van der Waals surface area contributed by atoms with Crippen molar-refractivity contribution in [1.82, 2.24) is 10.6 Å². The standard InChI is InChI=1S/C22H34N2O6S/c1-5-31(27,28)15-17-13-18(23-21(26)30-22(2,3)4)11-12-19(17)24-20(25)29-14-16-9-7-6-8-10-16/h6-10,17-19H,5,11-15H2,1-4H3,(H,23,26)(H,24,25)/t17-,18+,19-/m0/s1. The van der Waals surface area contributed by atoms with Crippen LogP contribution in [0.4, 0.5) is 9.59 Å². The molecule has 1 aliphatic rings. The summed E-state index contributed by atoms with van der Waals surface area (Å²) in [7, 11) is -3.26. The van der Waals surface area contributed by atoms with Gasteiger partial charge in [0.05, 0.1) is 5.75 Å². The van der Waals surface area contributed by atoms with E-state index in [0.29, 0.717) is 19.3 Å². The highest BCUT2D eigenvalue weighted by molar-refractivity contribution is 7.91. The summed E-state index contributed by atoms with van der Waals surface area (Å²) in [5.41, 5.74) is 0.254. The van der Waals surface area contributed by atoms with Crippen LogP contribution in [0.25, 0.3) is 0 Å². The number of sulfone groups is 1. The minimum absolute atomic E-state index is 0.0266. The SMILES string of the molecule is CCS(=O)(=O)C[C@@H]1C[C@H](NC(=O)OC(C)(C)C)CC[C@@H]1NC(=O)OCc1ccccc1. The number of ether oxygens (including phenoxy) is 2. The summed E-state index contributed by atoms with van der Waals surface area (Å²) in [4.78, 5) is 24.4. The van der Waals surface area contributed by atoms with Crippen molar-refractivity contribution < 1.29 is 27.5 Å². The third kappa shape index (κ3) is 9.16. The second-order valence-corrected chi connectivity index (χ2v) is 11.3. The van der Waals surface area contributed by atoms with E-state index in [1.54, 1.807) is 27.7 Å². The summed E-state index contributed by atoms with van der Waals surface area (Å²) in [5.74, 6) is -0.360. The molecule has 0 aliphatic heterocycles. The highest BCUT2D eigenvalue weighted by Gasteiger charge is 2.35. The van der Waals surface area contributed by atoms with Crippen molar-refractivity contribution in [2.24, 2.45) is 5.92 Å². The Labute approximate surface area is 185 Å². The van der Waals surface area contributed by atoms with Crippen molar-refractivity contribution in [3.63, 3.8) is 0 Å². The van der Waals surface area contributed by atoms with Crippen LogP contribution in [0.15, 0.2) is 30.3 Å². The van der Waals surface area contributed by atoms with Crippen molar-refractivity contribution >= 4 is 22.0 Å². The molecule has 0 bridgehead atoms. The van der Waals surface area contributed by atoms with Crippen LogP contribution in [0.5, 0.6) is 0 Å². The average molecular weight is 455 g/mol. The Morgan fingerprint density at radius 2 is 1.74 bits per heavy atom. The molecule has 1 aromatic carbocycles. The Hall–Kier alpha value is -2.29. The minimum Gasteiger partial charge on any atom is -0.445 e. The van der Waals surface area contributed by atoms with Crippen molar-refractivity contribution in [3.8, 4) is 0 Å². The molecule has 2 amide bonds. The normalized spacial score (nSPS) is 21.7. The van der Waals surface area contributed by atoms with Gasteiger partial charge >= 0.3 is 12.2 Å². The first-order chi connectivity index (χ1) is 14.5. The number of carbonyl (C=O) groups excluding carboxylic acids is 2. The van der Waals surface area contributed by atoms with E-state index in [2.05, 4.69) is 10.6 Å². The summed E-state index contributed by atoms with van der Waals surface area (Å²) in [6.07, 6.45) is 0.466. The number of amides is 2. The maximum Gasteiger partial charge on any atom is 0.407 e. The minimum atomic E-state index is -3.26. The number of benzene rings is 1. The van der Waals surface area contributed by atoms with E-state index in [1.807, 2.05) is 30.3 Å². The van der Waals surface area contributed by atoms with Crippen molar-refractivity contribution in [2.75, 3.05) is 11.5 Å². The molecule has 0 heterocycles. The molecule has 31 heavy (non-hydrogen) atoms. The molecule has 0 saturated heterocycles. The lowest BCUT2D eigenvalue weighted by atomic mass is 9.82. The predicted molar refractivity (Wildman–Crippen MR) is 118 cm³/mol. The first-order valence-corrected chi connectivity index (χ1v) is 12.5. The van der Waals surface area contributed by atoms with E-state index in [1.165, 1.54) is 0 Å². The molecule has 9 heteroatoms. The number of nitrogens with one attached hydrogen (secondary N) is 2. The Kier molecular flexibility index (Phi) is 8.73. The van der Waals surface area contributed by atoms with Gasteiger partial charge in [-0.05, 0) is 51.5 Å². The zero-order valence-corrected chi connectivity index (χ0v) is 19.5. The van der Waals surface area contributed by atoms with Gasteiger partial charge in [-0.25, -0.2) is 18.0 Å². The molecule has 0 unspecified atom stereocenters. The highest BCUT2D eigenvalue weighted by Crippen LogP contribution is 2.27. The van der Waals surface area contributed by atoms with Gasteiger partial charge in [-0.1, -0.05) is 37.3 Å². The van der Waals surface area contributed by atoms with Crippen molar-refractivity contribution in [2.45, 2.75) is 71.2 Å². The molecule has 0 aromatic heterocycles. The topological polar surface area (TPSA) is 111 Å². The lowest BCUT2D eigenvalue weighted by Crippen LogP contribution is -2.51. The van der Waals surface area contributed by atoms with Gasteiger partial charge < -0.3 is 20.1 Å². The Morgan fingerprint density at radius 1 is 1.06 bits per heavy atom. The fourth-order valence-electron chi connectivity index (χ4n) is 3.60. The average Bonchev–Trinajstić information content (AvgIpc) is 2.67. The monoisotopic (exact) mass is 454 g/mol. The predicted octanol–water partition coefficient (Wildman–Crippen LogP) is 3.41. The van der Waals surface area contributed by atoms with Gasteiger partial charge in [-0.2, -0.15) is 0 Å². The van der Waals surface area contributed by atoms with E-state index in [4.69, 9.17) is 9.47 Å². The van der Waals surface area contributed by atoms with Gasteiger partial charge in [-0.3, -0.25) is 0 Å². The second-order valence-electron chi connectivity index (χ2n) is 8.93. The molecule has 1 aliphatic carbocycles. The molecule has 1 saturated carbocycles.